The zero-order chi connectivity index (χ0) is 20.9. The molecule has 2 aromatic carbocycles. The number of hydrogen-bond donors (Lipinski definition) is 2. The van der Waals surface area contributed by atoms with Gasteiger partial charge in [-0.2, -0.15) is 4.72 Å². The highest BCUT2D eigenvalue weighted by molar-refractivity contribution is 9.10. The van der Waals surface area contributed by atoms with Crippen LogP contribution < -0.4 is 10.0 Å². The van der Waals surface area contributed by atoms with Crippen molar-refractivity contribution in [3.05, 3.63) is 64.6 Å². The fourth-order valence-corrected chi connectivity index (χ4v) is 4.82. The standard InChI is InChI=1S/C21H26BrN3O3S/c1-25-13-11-18(12-14-25)23-21(26)20(15-16-5-3-2-4-6-16)24-29(27,28)19-9-7-17(22)8-10-19/h2-10,18,20,24H,11-15H2,1H3,(H,23,26)/t20-/m0/s1. The van der Waals surface area contributed by atoms with E-state index < -0.39 is 16.1 Å². The van der Waals surface area contributed by atoms with Crippen molar-refractivity contribution in [1.82, 2.24) is 14.9 Å². The molecule has 1 fully saturated rings. The number of nitrogens with one attached hydrogen (secondary N) is 2. The first-order valence-corrected chi connectivity index (χ1v) is 11.9. The summed E-state index contributed by atoms with van der Waals surface area (Å²) in [6, 6.07) is 15.0. The van der Waals surface area contributed by atoms with Gasteiger partial charge in [0.05, 0.1) is 4.90 Å². The van der Waals surface area contributed by atoms with E-state index in [-0.39, 0.29) is 23.3 Å². The van der Waals surface area contributed by atoms with E-state index in [1.165, 1.54) is 12.1 Å². The summed E-state index contributed by atoms with van der Waals surface area (Å²) >= 11 is 3.31. The van der Waals surface area contributed by atoms with Gasteiger partial charge in [-0.25, -0.2) is 8.42 Å². The Morgan fingerprint density at radius 3 is 2.34 bits per heavy atom. The largest absolute Gasteiger partial charge is 0.352 e. The van der Waals surface area contributed by atoms with Gasteiger partial charge in [-0.15, -0.1) is 0 Å². The number of piperidine rings is 1. The lowest BCUT2D eigenvalue weighted by molar-refractivity contribution is -0.123. The average molecular weight is 480 g/mol. The van der Waals surface area contributed by atoms with Gasteiger partial charge in [0.25, 0.3) is 0 Å². The molecule has 1 atom stereocenters. The highest BCUT2D eigenvalue weighted by Gasteiger charge is 2.28. The van der Waals surface area contributed by atoms with Crippen molar-refractivity contribution < 1.29 is 13.2 Å². The van der Waals surface area contributed by atoms with E-state index in [9.17, 15) is 13.2 Å². The van der Waals surface area contributed by atoms with Crippen LogP contribution in [0, 0.1) is 0 Å². The van der Waals surface area contributed by atoms with Gasteiger partial charge in [0.15, 0.2) is 0 Å². The number of amides is 1. The van der Waals surface area contributed by atoms with E-state index in [0.29, 0.717) is 0 Å². The second-order valence-electron chi connectivity index (χ2n) is 7.40. The maximum absolute atomic E-state index is 13.0. The van der Waals surface area contributed by atoms with E-state index in [1.807, 2.05) is 30.3 Å². The first-order chi connectivity index (χ1) is 13.8. The van der Waals surface area contributed by atoms with Crippen LogP contribution in [0.1, 0.15) is 18.4 Å². The summed E-state index contributed by atoms with van der Waals surface area (Å²) < 4.78 is 29.1. The number of benzene rings is 2. The molecule has 6 nitrogen and oxygen atoms in total. The summed E-state index contributed by atoms with van der Waals surface area (Å²) in [4.78, 5) is 15.4. The Kier molecular flexibility index (Phi) is 7.45. The number of nitrogens with zero attached hydrogens (tertiary/aromatic N) is 1. The number of likely N-dealkylation sites (tertiary alicyclic amines) is 1. The zero-order valence-corrected chi connectivity index (χ0v) is 18.7. The molecule has 1 amide bonds. The molecule has 2 N–H and O–H groups in total. The normalized spacial score (nSPS) is 17.0. The summed E-state index contributed by atoms with van der Waals surface area (Å²) in [6.45, 7) is 1.83. The lowest BCUT2D eigenvalue weighted by Crippen LogP contribution is -2.52. The molecule has 3 rings (SSSR count). The Morgan fingerprint density at radius 2 is 1.72 bits per heavy atom. The van der Waals surface area contributed by atoms with Gasteiger partial charge in [-0.3, -0.25) is 4.79 Å². The highest BCUT2D eigenvalue weighted by atomic mass is 79.9. The molecule has 8 heteroatoms. The summed E-state index contributed by atoms with van der Waals surface area (Å²) in [6.07, 6.45) is 2.01. The van der Waals surface area contributed by atoms with Crippen LogP contribution in [-0.4, -0.2) is 51.4 Å². The third-order valence-electron chi connectivity index (χ3n) is 5.09. The molecule has 0 radical (unpaired) electrons. The molecule has 0 unspecified atom stereocenters. The van der Waals surface area contributed by atoms with Crippen LogP contribution in [0.2, 0.25) is 0 Å². The molecule has 0 aromatic heterocycles. The Hall–Kier alpha value is -1.74. The minimum absolute atomic E-state index is 0.0640. The van der Waals surface area contributed by atoms with E-state index >= 15 is 0 Å². The van der Waals surface area contributed by atoms with Gasteiger partial charge in [-0.05, 0) is 69.2 Å². The number of halogens is 1. The van der Waals surface area contributed by atoms with Crippen LogP contribution in [0.5, 0.6) is 0 Å². The minimum atomic E-state index is -3.83. The fourth-order valence-electron chi connectivity index (χ4n) is 3.36. The summed E-state index contributed by atoms with van der Waals surface area (Å²) in [7, 11) is -1.77. The molecular weight excluding hydrogens is 454 g/mol. The molecule has 0 bridgehead atoms. The molecule has 1 aliphatic heterocycles. The molecule has 2 aromatic rings. The minimum Gasteiger partial charge on any atom is -0.352 e. The van der Waals surface area contributed by atoms with Crippen LogP contribution in [0.25, 0.3) is 0 Å². The Bertz CT molecular complexity index is 912. The van der Waals surface area contributed by atoms with Gasteiger partial charge >= 0.3 is 0 Å². The predicted octanol–water partition coefficient (Wildman–Crippen LogP) is 2.55. The lowest BCUT2D eigenvalue weighted by atomic mass is 10.0. The van der Waals surface area contributed by atoms with Gasteiger partial charge < -0.3 is 10.2 Å². The van der Waals surface area contributed by atoms with Crippen molar-refractivity contribution in [2.75, 3.05) is 20.1 Å². The quantitative estimate of drug-likeness (QED) is 0.639. The Morgan fingerprint density at radius 1 is 1.10 bits per heavy atom. The Labute approximate surface area is 180 Å². The smallest absolute Gasteiger partial charge is 0.241 e. The third-order valence-corrected chi connectivity index (χ3v) is 7.10. The SMILES string of the molecule is CN1CCC(NC(=O)[C@H](Cc2ccccc2)NS(=O)(=O)c2ccc(Br)cc2)CC1. The molecule has 1 aliphatic rings. The van der Waals surface area contributed by atoms with Gasteiger partial charge in [0.2, 0.25) is 15.9 Å². The third kappa shape index (κ3) is 6.37. The highest BCUT2D eigenvalue weighted by Crippen LogP contribution is 2.16. The van der Waals surface area contributed by atoms with Gasteiger partial charge in [0.1, 0.15) is 6.04 Å². The second-order valence-corrected chi connectivity index (χ2v) is 10.0. The first kappa shape index (κ1) is 22.0. The van der Waals surface area contributed by atoms with Crippen LogP contribution in [0.15, 0.2) is 64.0 Å². The van der Waals surface area contributed by atoms with Gasteiger partial charge in [0, 0.05) is 10.5 Å². The number of rotatable bonds is 7. The van der Waals surface area contributed by atoms with Crippen molar-refractivity contribution in [3.8, 4) is 0 Å². The number of carbonyl (C=O) groups is 1. The van der Waals surface area contributed by atoms with Crippen LogP contribution in [-0.2, 0) is 21.2 Å². The van der Waals surface area contributed by atoms with E-state index in [1.54, 1.807) is 12.1 Å². The van der Waals surface area contributed by atoms with Crippen LogP contribution >= 0.6 is 15.9 Å². The second kappa shape index (κ2) is 9.84. The molecule has 29 heavy (non-hydrogen) atoms. The zero-order valence-electron chi connectivity index (χ0n) is 16.3. The lowest BCUT2D eigenvalue weighted by Gasteiger charge is -2.30. The van der Waals surface area contributed by atoms with E-state index in [2.05, 4.69) is 37.9 Å². The van der Waals surface area contributed by atoms with Crippen molar-refractivity contribution in [3.63, 3.8) is 0 Å². The molecule has 0 saturated carbocycles. The van der Waals surface area contributed by atoms with E-state index in [4.69, 9.17) is 0 Å². The van der Waals surface area contributed by atoms with E-state index in [0.717, 1.165) is 36.0 Å². The maximum atomic E-state index is 13.0. The predicted molar refractivity (Wildman–Crippen MR) is 117 cm³/mol. The van der Waals surface area contributed by atoms with Gasteiger partial charge in [-0.1, -0.05) is 46.3 Å². The summed E-state index contributed by atoms with van der Waals surface area (Å²) in [5.41, 5.74) is 0.898. The molecule has 1 saturated heterocycles. The first-order valence-electron chi connectivity index (χ1n) is 9.64. The maximum Gasteiger partial charge on any atom is 0.241 e. The fraction of sp³-hybridized carbons (Fsp3) is 0.381. The molecule has 0 aliphatic carbocycles. The van der Waals surface area contributed by atoms with Crippen LogP contribution in [0.4, 0.5) is 0 Å². The summed E-state index contributed by atoms with van der Waals surface area (Å²) in [5, 5.41) is 3.04. The molecule has 0 spiro atoms. The van der Waals surface area contributed by atoms with Crippen molar-refractivity contribution in [2.45, 2.75) is 36.2 Å². The number of hydrogen-bond acceptors (Lipinski definition) is 4. The van der Waals surface area contributed by atoms with Crippen molar-refractivity contribution >= 4 is 31.9 Å². The van der Waals surface area contributed by atoms with Crippen LogP contribution in [0.3, 0.4) is 0 Å². The molecule has 1 heterocycles. The number of sulfonamides is 1. The average Bonchev–Trinajstić information content (AvgIpc) is 2.70. The monoisotopic (exact) mass is 479 g/mol. The van der Waals surface area contributed by atoms with Crippen molar-refractivity contribution in [1.29, 1.82) is 0 Å². The number of carbonyl (C=O) groups excluding carboxylic acids is 1. The molecular formula is C21H26BrN3O3S. The Balaban J connectivity index is 1.76. The summed E-state index contributed by atoms with van der Waals surface area (Å²) in [5.74, 6) is -0.288. The topological polar surface area (TPSA) is 78.5 Å². The van der Waals surface area contributed by atoms with Crippen molar-refractivity contribution in [2.24, 2.45) is 0 Å². The molecule has 156 valence electrons.